The van der Waals surface area contributed by atoms with E-state index in [9.17, 15) is 0 Å². The summed E-state index contributed by atoms with van der Waals surface area (Å²) in [7, 11) is 0. The molecule has 0 unspecified atom stereocenters. The van der Waals surface area contributed by atoms with Crippen LogP contribution < -0.4 is 9.88 Å². The summed E-state index contributed by atoms with van der Waals surface area (Å²) < 4.78 is 4.47. The molecule has 0 aliphatic carbocycles. The molecular formula is C10H18N3+. The number of hydrogen-bond donors (Lipinski definition) is 1. The minimum absolute atomic E-state index is 0.692. The van der Waals surface area contributed by atoms with Crippen LogP contribution in [0, 0.1) is 0 Å². The van der Waals surface area contributed by atoms with E-state index in [2.05, 4.69) is 40.1 Å². The number of nitrogens with one attached hydrogen (secondary N) is 1. The first-order valence-electron chi connectivity index (χ1n) is 5.16. The predicted molar refractivity (Wildman–Crippen MR) is 51.3 cm³/mol. The second-order valence-electron chi connectivity index (χ2n) is 3.73. The average molecular weight is 180 g/mol. The highest BCUT2D eigenvalue weighted by molar-refractivity contribution is 4.71. The van der Waals surface area contributed by atoms with Crippen molar-refractivity contribution in [2.45, 2.75) is 38.9 Å². The lowest BCUT2D eigenvalue weighted by atomic mass is 10.2. The summed E-state index contributed by atoms with van der Waals surface area (Å²) in [5, 5.41) is 3.50. The molecule has 1 N–H and O–H groups in total. The zero-order chi connectivity index (χ0) is 9.10. The van der Waals surface area contributed by atoms with Crippen LogP contribution in [-0.4, -0.2) is 17.2 Å². The van der Waals surface area contributed by atoms with Crippen LogP contribution in [0.1, 0.15) is 19.8 Å². The molecule has 13 heavy (non-hydrogen) atoms. The number of nitrogens with zero attached hydrogens (tertiary/aromatic N) is 2. The third-order valence-electron chi connectivity index (χ3n) is 2.70. The summed E-state index contributed by atoms with van der Waals surface area (Å²) in [5.74, 6) is 0. The van der Waals surface area contributed by atoms with Gasteiger partial charge >= 0.3 is 0 Å². The first kappa shape index (κ1) is 8.75. The molecule has 3 nitrogen and oxygen atoms in total. The molecule has 1 atom stereocenters. The highest BCUT2D eigenvalue weighted by Crippen LogP contribution is 2.04. The van der Waals surface area contributed by atoms with E-state index < -0.39 is 0 Å². The molecule has 2 rings (SSSR count). The van der Waals surface area contributed by atoms with Gasteiger partial charge in [0.05, 0.1) is 6.54 Å². The van der Waals surface area contributed by atoms with Crippen LogP contribution in [0.3, 0.4) is 0 Å². The number of rotatable bonds is 3. The summed E-state index contributed by atoms with van der Waals surface area (Å²) in [6, 6.07) is 0.692. The van der Waals surface area contributed by atoms with Gasteiger partial charge in [0.2, 0.25) is 6.33 Å². The molecule has 1 aromatic rings. The fourth-order valence-electron chi connectivity index (χ4n) is 1.90. The Kier molecular flexibility index (Phi) is 2.64. The fraction of sp³-hybridized carbons (Fsp3) is 0.700. The molecule has 2 heterocycles. The van der Waals surface area contributed by atoms with Crippen molar-refractivity contribution in [3.63, 3.8) is 0 Å². The SMILES string of the molecule is CCn1cc[n+](C[C@@H]2CCCN2)c1. The molecule has 0 spiro atoms. The van der Waals surface area contributed by atoms with Gasteiger partial charge in [-0.05, 0) is 26.3 Å². The van der Waals surface area contributed by atoms with Gasteiger partial charge in [-0.3, -0.25) is 0 Å². The predicted octanol–water partition coefficient (Wildman–Crippen LogP) is 0.547. The van der Waals surface area contributed by atoms with E-state index in [0.717, 1.165) is 13.1 Å². The van der Waals surface area contributed by atoms with E-state index in [0.29, 0.717) is 6.04 Å². The van der Waals surface area contributed by atoms with E-state index in [4.69, 9.17) is 0 Å². The van der Waals surface area contributed by atoms with E-state index in [1.807, 2.05) is 0 Å². The Morgan fingerprint density at radius 2 is 2.54 bits per heavy atom. The Morgan fingerprint density at radius 1 is 1.62 bits per heavy atom. The smallest absolute Gasteiger partial charge is 0.243 e. The van der Waals surface area contributed by atoms with Gasteiger partial charge in [0.1, 0.15) is 18.9 Å². The number of imidazole rings is 1. The Bertz CT molecular complexity index is 261. The zero-order valence-corrected chi connectivity index (χ0v) is 8.24. The largest absolute Gasteiger partial charge is 0.310 e. The molecule has 0 radical (unpaired) electrons. The molecular weight excluding hydrogens is 162 g/mol. The molecule has 0 amide bonds. The van der Waals surface area contributed by atoms with Gasteiger partial charge in [-0.2, -0.15) is 0 Å². The van der Waals surface area contributed by atoms with Crippen molar-refractivity contribution < 1.29 is 4.57 Å². The average Bonchev–Trinajstić information content (AvgIpc) is 2.76. The standard InChI is InChI=1S/C10H18N3/c1-2-12-6-7-13(9-12)8-10-4-3-5-11-10/h6-7,9-11H,2-5,8H2,1H3/q+1/t10-/m0/s1. The van der Waals surface area contributed by atoms with Crippen LogP contribution in [-0.2, 0) is 13.1 Å². The monoisotopic (exact) mass is 180 g/mol. The highest BCUT2D eigenvalue weighted by atomic mass is 15.1. The van der Waals surface area contributed by atoms with E-state index in [1.165, 1.54) is 19.4 Å². The molecule has 72 valence electrons. The van der Waals surface area contributed by atoms with Gasteiger partial charge < -0.3 is 5.32 Å². The maximum Gasteiger partial charge on any atom is 0.243 e. The summed E-state index contributed by atoms with van der Waals surface area (Å²) >= 11 is 0. The Balaban J connectivity index is 1.92. The maximum atomic E-state index is 3.50. The summed E-state index contributed by atoms with van der Waals surface area (Å²) in [4.78, 5) is 0. The fourth-order valence-corrected chi connectivity index (χ4v) is 1.90. The molecule has 3 heteroatoms. The second kappa shape index (κ2) is 3.92. The molecule has 0 saturated carbocycles. The summed E-state index contributed by atoms with van der Waals surface area (Å²) in [6.45, 7) is 5.54. The van der Waals surface area contributed by atoms with E-state index in [1.54, 1.807) is 0 Å². The van der Waals surface area contributed by atoms with Crippen LogP contribution in [0.4, 0.5) is 0 Å². The molecule has 0 bridgehead atoms. The Hall–Kier alpha value is -0.830. The molecule has 1 fully saturated rings. The molecule has 1 aliphatic rings. The van der Waals surface area contributed by atoms with Gasteiger partial charge in [-0.1, -0.05) is 0 Å². The van der Waals surface area contributed by atoms with Crippen molar-refractivity contribution in [1.29, 1.82) is 0 Å². The van der Waals surface area contributed by atoms with Gasteiger partial charge in [-0.15, -0.1) is 0 Å². The number of aryl methyl sites for hydroxylation is 1. The third kappa shape index (κ3) is 2.10. The van der Waals surface area contributed by atoms with E-state index >= 15 is 0 Å². The Labute approximate surface area is 79.4 Å². The first-order valence-corrected chi connectivity index (χ1v) is 5.16. The molecule has 1 saturated heterocycles. The normalized spacial score (nSPS) is 22.4. The second-order valence-corrected chi connectivity index (χ2v) is 3.73. The number of hydrogen-bond acceptors (Lipinski definition) is 1. The molecule has 1 aliphatic heterocycles. The van der Waals surface area contributed by atoms with Crippen molar-refractivity contribution in [3.05, 3.63) is 18.7 Å². The Morgan fingerprint density at radius 3 is 3.15 bits per heavy atom. The first-order chi connectivity index (χ1) is 6.38. The van der Waals surface area contributed by atoms with Crippen LogP contribution in [0.5, 0.6) is 0 Å². The topological polar surface area (TPSA) is 20.8 Å². The van der Waals surface area contributed by atoms with Crippen LogP contribution in [0.15, 0.2) is 18.7 Å². The highest BCUT2D eigenvalue weighted by Gasteiger charge is 2.16. The summed E-state index contributed by atoms with van der Waals surface area (Å²) in [5.41, 5.74) is 0. The van der Waals surface area contributed by atoms with Crippen molar-refractivity contribution >= 4 is 0 Å². The lowest BCUT2D eigenvalue weighted by molar-refractivity contribution is -0.698. The minimum Gasteiger partial charge on any atom is -0.310 e. The number of aromatic nitrogens is 2. The summed E-state index contributed by atoms with van der Waals surface area (Å²) in [6.07, 6.45) is 9.13. The van der Waals surface area contributed by atoms with Gasteiger partial charge in [-0.25, -0.2) is 9.13 Å². The van der Waals surface area contributed by atoms with Gasteiger partial charge in [0.25, 0.3) is 0 Å². The van der Waals surface area contributed by atoms with Crippen molar-refractivity contribution in [2.75, 3.05) is 6.54 Å². The minimum atomic E-state index is 0.692. The molecule has 1 aromatic heterocycles. The third-order valence-corrected chi connectivity index (χ3v) is 2.70. The van der Waals surface area contributed by atoms with Crippen molar-refractivity contribution in [3.8, 4) is 0 Å². The van der Waals surface area contributed by atoms with Gasteiger partial charge in [0.15, 0.2) is 0 Å². The quantitative estimate of drug-likeness (QED) is 0.674. The van der Waals surface area contributed by atoms with Gasteiger partial charge in [0, 0.05) is 6.04 Å². The van der Waals surface area contributed by atoms with Crippen LogP contribution >= 0.6 is 0 Å². The lowest BCUT2D eigenvalue weighted by Crippen LogP contribution is -2.41. The molecule has 0 aromatic carbocycles. The maximum absolute atomic E-state index is 3.50. The van der Waals surface area contributed by atoms with Crippen LogP contribution in [0.2, 0.25) is 0 Å². The lowest BCUT2D eigenvalue weighted by Gasteiger charge is -2.05. The zero-order valence-electron chi connectivity index (χ0n) is 8.24. The van der Waals surface area contributed by atoms with Crippen molar-refractivity contribution in [1.82, 2.24) is 9.88 Å². The van der Waals surface area contributed by atoms with Crippen molar-refractivity contribution in [2.24, 2.45) is 0 Å². The van der Waals surface area contributed by atoms with Crippen LogP contribution in [0.25, 0.3) is 0 Å². The van der Waals surface area contributed by atoms with E-state index in [-0.39, 0.29) is 0 Å².